The highest BCUT2D eigenvalue weighted by atomic mass is 79.9. The summed E-state index contributed by atoms with van der Waals surface area (Å²) in [7, 11) is 0. The van der Waals surface area contributed by atoms with Crippen LogP contribution in [0, 0.1) is 6.92 Å². The largest absolute Gasteiger partial charge is 0.377 e. The quantitative estimate of drug-likeness (QED) is 0.814. The molecular weight excluding hydrogens is 330 g/mol. The zero-order chi connectivity index (χ0) is 15.4. The molecule has 0 atom stereocenters. The van der Waals surface area contributed by atoms with Crippen LogP contribution in [0.4, 0.5) is 0 Å². The molecule has 21 heavy (non-hydrogen) atoms. The van der Waals surface area contributed by atoms with Gasteiger partial charge in [0.1, 0.15) is 0 Å². The van der Waals surface area contributed by atoms with E-state index < -0.39 is 0 Å². The van der Waals surface area contributed by atoms with E-state index >= 15 is 0 Å². The molecule has 0 saturated carbocycles. The standard InChI is InChI=1S/C14H16BrN3O.C2H6/c1-3-11-9(2)14-16-13(10-4-6-19-7-5-10)17-18(14)8-12(11)15;1-2/h4,8H,3,5-7H2,1-2H3;1-2H3. The van der Waals surface area contributed by atoms with Crippen LogP contribution in [0.3, 0.4) is 0 Å². The highest BCUT2D eigenvalue weighted by Crippen LogP contribution is 2.26. The first-order valence-corrected chi connectivity index (χ1v) is 8.31. The van der Waals surface area contributed by atoms with Gasteiger partial charge in [0.2, 0.25) is 0 Å². The molecule has 0 saturated heterocycles. The summed E-state index contributed by atoms with van der Waals surface area (Å²) in [6.07, 6.45) is 5.94. The SMILES string of the molecule is CC.CCc1c(Br)cn2nc(C3=CCOCC3)nc2c1C. The fourth-order valence-electron chi connectivity index (χ4n) is 2.47. The Morgan fingerprint density at radius 3 is 2.76 bits per heavy atom. The lowest BCUT2D eigenvalue weighted by atomic mass is 10.1. The Kier molecular flexibility index (Phi) is 5.53. The van der Waals surface area contributed by atoms with Crippen molar-refractivity contribution in [1.82, 2.24) is 14.6 Å². The maximum atomic E-state index is 5.33. The van der Waals surface area contributed by atoms with Crippen molar-refractivity contribution in [1.29, 1.82) is 0 Å². The third-order valence-corrected chi connectivity index (χ3v) is 4.23. The number of aromatic nitrogens is 3. The van der Waals surface area contributed by atoms with Crippen molar-refractivity contribution in [3.63, 3.8) is 0 Å². The number of halogens is 1. The highest BCUT2D eigenvalue weighted by Gasteiger charge is 2.15. The third kappa shape index (κ3) is 3.19. The van der Waals surface area contributed by atoms with Crippen molar-refractivity contribution >= 4 is 27.2 Å². The predicted octanol–water partition coefficient (Wildman–Crippen LogP) is 4.19. The fourth-order valence-corrected chi connectivity index (χ4v) is 3.24. The number of hydrogen-bond acceptors (Lipinski definition) is 3. The Morgan fingerprint density at radius 1 is 1.38 bits per heavy atom. The van der Waals surface area contributed by atoms with E-state index in [1.54, 1.807) is 0 Å². The molecule has 0 amide bonds. The number of ether oxygens (including phenoxy) is 1. The zero-order valence-corrected chi connectivity index (χ0v) is 14.7. The minimum absolute atomic E-state index is 0.660. The maximum Gasteiger partial charge on any atom is 0.177 e. The van der Waals surface area contributed by atoms with Crippen LogP contribution < -0.4 is 0 Å². The van der Waals surface area contributed by atoms with Gasteiger partial charge in [0.15, 0.2) is 11.5 Å². The van der Waals surface area contributed by atoms with E-state index in [-0.39, 0.29) is 0 Å². The summed E-state index contributed by atoms with van der Waals surface area (Å²) in [5.74, 6) is 0.826. The lowest BCUT2D eigenvalue weighted by Crippen LogP contribution is -2.04. The first kappa shape index (κ1) is 16.2. The van der Waals surface area contributed by atoms with Gasteiger partial charge in [0.25, 0.3) is 0 Å². The van der Waals surface area contributed by atoms with Crippen molar-refractivity contribution in [3.8, 4) is 0 Å². The molecular formula is C16H22BrN3O. The Morgan fingerprint density at radius 2 is 2.14 bits per heavy atom. The second-order valence-corrected chi connectivity index (χ2v) is 5.55. The van der Waals surface area contributed by atoms with Gasteiger partial charge in [-0.05, 0) is 52.4 Å². The molecule has 3 heterocycles. The average molecular weight is 352 g/mol. The van der Waals surface area contributed by atoms with E-state index in [2.05, 4.69) is 41.0 Å². The number of nitrogens with zero attached hydrogens (tertiary/aromatic N) is 3. The molecule has 0 aromatic carbocycles. The molecule has 114 valence electrons. The predicted molar refractivity (Wildman–Crippen MR) is 89.6 cm³/mol. The van der Waals surface area contributed by atoms with Crippen molar-refractivity contribution in [2.24, 2.45) is 0 Å². The number of fused-ring (bicyclic) bond motifs is 1. The summed E-state index contributed by atoms with van der Waals surface area (Å²) < 4.78 is 8.29. The van der Waals surface area contributed by atoms with Crippen LogP contribution in [-0.2, 0) is 11.2 Å². The summed E-state index contributed by atoms with van der Waals surface area (Å²) in [6, 6.07) is 0. The van der Waals surface area contributed by atoms with Gasteiger partial charge in [0.05, 0.1) is 13.2 Å². The third-order valence-electron chi connectivity index (χ3n) is 3.55. The van der Waals surface area contributed by atoms with Crippen molar-refractivity contribution in [2.75, 3.05) is 13.2 Å². The van der Waals surface area contributed by atoms with Crippen LogP contribution in [-0.4, -0.2) is 27.8 Å². The first-order chi connectivity index (χ1) is 10.2. The smallest absolute Gasteiger partial charge is 0.177 e. The van der Waals surface area contributed by atoms with E-state index in [9.17, 15) is 0 Å². The Balaban J connectivity index is 0.000000774. The molecule has 1 aliphatic rings. The van der Waals surface area contributed by atoms with Gasteiger partial charge < -0.3 is 4.74 Å². The molecule has 4 nitrogen and oxygen atoms in total. The monoisotopic (exact) mass is 351 g/mol. The Hall–Kier alpha value is -1.20. The lowest BCUT2D eigenvalue weighted by Gasteiger charge is -2.09. The van der Waals surface area contributed by atoms with E-state index in [1.807, 2.05) is 24.6 Å². The van der Waals surface area contributed by atoms with Gasteiger partial charge in [-0.15, -0.1) is 5.10 Å². The van der Waals surface area contributed by atoms with Gasteiger partial charge in [-0.2, -0.15) is 0 Å². The minimum atomic E-state index is 0.660. The van der Waals surface area contributed by atoms with E-state index in [1.165, 1.54) is 16.7 Å². The van der Waals surface area contributed by atoms with Crippen LogP contribution in [0.25, 0.3) is 11.2 Å². The van der Waals surface area contributed by atoms with E-state index in [4.69, 9.17) is 9.72 Å². The second-order valence-electron chi connectivity index (χ2n) is 4.69. The molecule has 0 N–H and O–H groups in total. The molecule has 0 bridgehead atoms. The van der Waals surface area contributed by atoms with Gasteiger partial charge in [-0.3, -0.25) is 0 Å². The average Bonchev–Trinajstić information content (AvgIpc) is 2.95. The van der Waals surface area contributed by atoms with Gasteiger partial charge in [-0.1, -0.05) is 26.8 Å². The topological polar surface area (TPSA) is 39.4 Å². The molecule has 0 aliphatic carbocycles. The molecule has 5 heteroatoms. The molecule has 0 spiro atoms. The van der Waals surface area contributed by atoms with Crippen LogP contribution >= 0.6 is 15.9 Å². The Bertz CT molecular complexity index is 661. The summed E-state index contributed by atoms with van der Waals surface area (Å²) in [6.45, 7) is 9.68. The van der Waals surface area contributed by atoms with E-state index in [0.29, 0.717) is 6.61 Å². The molecule has 0 fully saturated rings. The zero-order valence-electron chi connectivity index (χ0n) is 13.1. The minimum Gasteiger partial charge on any atom is -0.377 e. The van der Waals surface area contributed by atoms with Gasteiger partial charge in [0, 0.05) is 10.7 Å². The highest BCUT2D eigenvalue weighted by molar-refractivity contribution is 9.10. The normalized spacial score (nSPS) is 14.6. The van der Waals surface area contributed by atoms with E-state index in [0.717, 1.165) is 35.4 Å². The number of aryl methyl sites for hydroxylation is 1. The van der Waals surface area contributed by atoms with Crippen LogP contribution in [0.15, 0.2) is 16.7 Å². The summed E-state index contributed by atoms with van der Waals surface area (Å²) in [5, 5.41) is 4.59. The van der Waals surface area contributed by atoms with Crippen molar-refractivity contribution < 1.29 is 4.74 Å². The molecule has 1 aliphatic heterocycles. The fraction of sp³-hybridized carbons (Fsp3) is 0.500. The number of rotatable bonds is 2. The van der Waals surface area contributed by atoms with Crippen LogP contribution in [0.1, 0.15) is 44.1 Å². The van der Waals surface area contributed by atoms with Crippen molar-refractivity contribution in [3.05, 3.63) is 33.7 Å². The number of hydrogen-bond donors (Lipinski definition) is 0. The van der Waals surface area contributed by atoms with Crippen LogP contribution in [0.2, 0.25) is 0 Å². The molecule has 0 radical (unpaired) electrons. The van der Waals surface area contributed by atoms with Gasteiger partial charge >= 0.3 is 0 Å². The molecule has 2 aromatic rings. The summed E-state index contributed by atoms with van der Waals surface area (Å²) in [4.78, 5) is 4.69. The molecule has 0 unspecified atom stereocenters. The van der Waals surface area contributed by atoms with Gasteiger partial charge in [-0.25, -0.2) is 9.50 Å². The first-order valence-electron chi connectivity index (χ1n) is 7.52. The molecule has 2 aromatic heterocycles. The summed E-state index contributed by atoms with van der Waals surface area (Å²) in [5.41, 5.74) is 4.63. The number of pyridine rings is 1. The van der Waals surface area contributed by atoms with Crippen LogP contribution in [0.5, 0.6) is 0 Å². The summed E-state index contributed by atoms with van der Waals surface area (Å²) >= 11 is 3.61. The van der Waals surface area contributed by atoms with Crippen molar-refractivity contribution in [2.45, 2.75) is 40.5 Å². The molecule has 3 rings (SSSR count). The lowest BCUT2D eigenvalue weighted by molar-refractivity contribution is 0.161. The second kappa shape index (κ2) is 7.18. The maximum absolute atomic E-state index is 5.33. The Labute approximate surface area is 134 Å².